The van der Waals surface area contributed by atoms with Gasteiger partial charge in [0.15, 0.2) is 0 Å². The van der Waals surface area contributed by atoms with Gasteiger partial charge in [-0.25, -0.2) is 8.78 Å². The van der Waals surface area contributed by atoms with Crippen molar-refractivity contribution >= 4 is 11.6 Å². The third kappa shape index (κ3) is 4.79. The second kappa shape index (κ2) is 5.91. The molecular formula is C13H18F2N2O. The third-order valence-electron chi connectivity index (χ3n) is 2.76. The highest BCUT2D eigenvalue weighted by molar-refractivity contribution is 5.92. The van der Waals surface area contributed by atoms with Crippen LogP contribution >= 0.6 is 0 Å². The van der Waals surface area contributed by atoms with Gasteiger partial charge in [0.05, 0.1) is 6.54 Å². The summed E-state index contributed by atoms with van der Waals surface area (Å²) in [7, 11) is 0. The van der Waals surface area contributed by atoms with Gasteiger partial charge in [-0.15, -0.1) is 0 Å². The van der Waals surface area contributed by atoms with E-state index in [1.54, 1.807) is 0 Å². The number of hydrogen-bond acceptors (Lipinski definition) is 2. The number of anilines is 1. The molecule has 0 saturated carbocycles. The minimum atomic E-state index is -0.716. The number of carbonyl (C=O) groups is 1. The second-order valence-electron chi connectivity index (χ2n) is 4.80. The smallest absolute Gasteiger partial charge is 0.238 e. The number of benzene rings is 1. The van der Waals surface area contributed by atoms with Gasteiger partial charge >= 0.3 is 0 Å². The average Bonchev–Trinajstić information content (AvgIpc) is 2.25. The van der Waals surface area contributed by atoms with E-state index in [4.69, 9.17) is 0 Å². The maximum Gasteiger partial charge on any atom is 0.238 e. The van der Waals surface area contributed by atoms with Gasteiger partial charge in [-0.3, -0.25) is 4.79 Å². The highest BCUT2D eigenvalue weighted by atomic mass is 19.1. The minimum Gasteiger partial charge on any atom is -0.325 e. The third-order valence-corrected chi connectivity index (χ3v) is 2.76. The van der Waals surface area contributed by atoms with Gasteiger partial charge < -0.3 is 10.6 Å². The Morgan fingerprint density at radius 1 is 1.22 bits per heavy atom. The van der Waals surface area contributed by atoms with Gasteiger partial charge in [-0.2, -0.15) is 0 Å². The van der Waals surface area contributed by atoms with Gasteiger partial charge in [0, 0.05) is 17.3 Å². The molecule has 0 heterocycles. The number of carbonyl (C=O) groups excluding carboxylic acids is 1. The van der Waals surface area contributed by atoms with E-state index in [2.05, 4.69) is 10.6 Å². The predicted molar refractivity (Wildman–Crippen MR) is 67.4 cm³/mol. The molecule has 0 unspecified atom stereocenters. The molecule has 1 amide bonds. The Balaban J connectivity index is 2.55. The molecule has 1 rings (SSSR count). The van der Waals surface area contributed by atoms with Crippen molar-refractivity contribution in [3.8, 4) is 0 Å². The lowest BCUT2D eigenvalue weighted by molar-refractivity contribution is -0.115. The van der Waals surface area contributed by atoms with Crippen LogP contribution in [0.1, 0.15) is 27.2 Å². The number of halogens is 2. The van der Waals surface area contributed by atoms with Gasteiger partial charge in [0.1, 0.15) is 11.6 Å². The average molecular weight is 256 g/mol. The van der Waals surface area contributed by atoms with Crippen molar-refractivity contribution in [2.75, 3.05) is 11.9 Å². The minimum absolute atomic E-state index is 0.0962. The molecule has 0 aliphatic rings. The zero-order valence-corrected chi connectivity index (χ0v) is 10.8. The molecule has 0 radical (unpaired) electrons. The van der Waals surface area contributed by atoms with Crippen LogP contribution in [-0.2, 0) is 4.79 Å². The maximum atomic E-state index is 12.9. The zero-order chi connectivity index (χ0) is 13.8. The van der Waals surface area contributed by atoms with Crippen LogP contribution in [0.5, 0.6) is 0 Å². The summed E-state index contributed by atoms with van der Waals surface area (Å²) in [4.78, 5) is 11.6. The molecule has 0 spiro atoms. The summed E-state index contributed by atoms with van der Waals surface area (Å²) in [6, 6.07) is 2.91. The molecule has 1 aromatic rings. The molecule has 18 heavy (non-hydrogen) atoms. The molecule has 1 aromatic carbocycles. The molecule has 0 atom stereocenters. The van der Waals surface area contributed by atoms with Crippen LogP contribution in [-0.4, -0.2) is 18.0 Å². The van der Waals surface area contributed by atoms with E-state index in [9.17, 15) is 13.6 Å². The van der Waals surface area contributed by atoms with Gasteiger partial charge in [-0.1, -0.05) is 6.92 Å². The van der Waals surface area contributed by atoms with Crippen molar-refractivity contribution in [2.24, 2.45) is 0 Å². The molecular weight excluding hydrogens is 238 g/mol. The Labute approximate surface area is 106 Å². The lowest BCUT2D eigenvalue weighted by Gasteiger charge is -2.24. The van der Waals surface area contributed by atoms with Crippen LogP contribution < -0.4 is 10.6 Å². The van der Waals surface area contributed by atoms with Crippen molar-refractivity contribution < 1.29 is 13.6 Å². The first-order valence-corrected chi connectivity index (χ1v) is 5.83. The summed E-state index contributed by atoms with van der Waals surface area (Å²) in [5.74, 6) is -1.76. The van der Waals surface area contributed by atoms with E-state index in [1.807, 2.05) is 20.8 Å². The lowest BCUT2D eigenvalue weighted by atomic mass is 10.0. The summed E-state index contributed by atoms with van der Waals surface area (Å²) in [5.41, 5.74) is -0.0292. The van der Waals surface area contributed by atoms with Crippen LogP contribution in [0.25, 0.3) is 0 Å². The van der Waals surface area contributed by atoms with E-state index in [-0.39, 0.29) is 23.7 Å². The first kappa shape index (κ1) is 14.6. The molecule has 0 bridgehead atoms. The van der Waals surface area contributed by atoms with Crippen LogP contribution in [0.3, 0.4) is 0 Å². The zero-order valence-electron chi connectivity index (χ0n) is 10.8. The summed E-state index contributed by atoms with van der Waals surface area (Å²) in [6.07, 6.45) is 0.870. The fraction of sp³-hybridized carbons (Fsp3) is 0.462. The van der Waals surface area contributed by atoms with E-state index in [1.165, 1.54) is 0 Å². The largest absolute Gasteiger partial charge is 0.325 e. The molecule has 0 fully saturated rings. The Hall–Kier alpha value is -1.49. The summed E-state index contributed by atoms with van der Waals surface area (Å²) in [6.45, 7) is 6.05. The number of amides is 1. The van der Waals surface area contributed by atoms with Crippen molar-refractivity contribution in [3.05, 3.63) is 29.8 Å². The topological polar surface area (TPSA) is 41.1 Å². The van der Waals surface area contributed by atoms with Crippen LogP contribution in [0.4, 0.5) is 14.5 Å². The Bertz CT molecular complexity index is 413. The quantitative estimate of drug-likeness (QED) is 0.850. The van der Waals surface area contributed by atoms with Crippen LogP contribution in [0.2, 0.25) is 0 Å². The number of nitrogens with one attached hydrogen (secondary N) is 2. The van der Waals surface area contributed by atoms with E-state index < -0.39 is 11.6 Å². The molecule has 2 N–H and O–H groups in total. The van der Waals surface area contributed by atoms with Crippen LogP contribution in [0.15, 0.2) is 18.2 Å². The van der Waals surface area contributed by atoms with Crippen molar-refractivity contribution in [1.29, 1.82) is 0 Å². The first-order chi connectivity index (χ1) is 8.32. The lowest BCUT2D eigenvalue weighted by Crippen LogP contribution is -2.43. The Morgan fingerprint density at radius 3 is 2.28 bits per heavy atom. The molecule has 0 aromatic heterocycles. The Kier molecular flexibility index (Phi) is 4.78. The molecule has 0 aliphatic heterocycles. The van der Waals surface area contributed by atoms with E-state index in [0.717, 1.165) is 24.6 Å². The van der Waals surface area contributed by atoms with E-state index >= 15 is 0 Å². The van der Waals surface area contributed by atoms with Crippen molar-refractivity contribution in [3.63, 3.8) is 0 Å². The summed E-state index contributed by atoms with van der Waals surface area (Å²) >= 11 is 0. The maximum absolute atomic E-state index is 12.9. The van der Waals surface area contributed by atoms with E-state index in [0.29, 0.717) is 0 Å². The molecule has 100 valence electrons. The van der Waals surface area contributed by atoms with Crippen molar-refractivity contribution in [1.82, 2.24) is 5.32 Å². The first-order valence-electron chi connectivity index (χ1n) is 5.83. The second-order valence-corrected chi connectivity index (χ2v) is 4.80. The highest BCUT2D eigenvalue weighted by Gasteiger charge is 2.15. The fourth-order valence-electron chi connectivity index (χ4n) is 1.28. The monoisotopic (exact) mass is 256 g/mol. The molecule has 0 aliphatic carbocycles. The van der Waals surface area contributed by atoms with Crippen molar-refractivity contribution in [2.45, 2.75) is 32.7 Å². The Morgan fingerprint density at radius 2 is 1.78 bits per heavy atom. The highest BCUT2D eigenvalue weighted by Crippen LogP contribution is 2.12. The van der Waals surface area contributed by atoms with Gasteiger partial charge in [-0.05, 0) is 32.4 Å². The SMILES string of the molecule is CCC(C)(C)NCC(=O)Nc1cc(F)cc(F)c1. The molecule has 0 saturated heterocycles. The molecule has 3 nitrogen and oxygen atoms in total. The standard InChI is InChI=1S/C13H18F2N2O/c1-4-13(2,3)16-8-12(18)17-11-6-9(14)5-10(15)7-11/h5-7,16H,4,8H2,1-3H3,(H,17,18). The van der Waals surface area contributed by atoms with Gasteiger partial charge in [0.2, 0.25) is 5.91 Å². The fourth-order valence-corrected chi connectivity index (χ4v) is 1.28. The van der Waals surface area contributed by atoms with Crippen LogP contribution in [0, 0.1) is 11.6 Å². The van der Waals surface area contributed by atoms with Gasteiger partial charge in [0.25, 0.3) is 0 Å². The predicted octanol–water partition coefficient (Wildman–Crippen LogP) is 2.68. The summed E-state index contributed by atoms with van der Waals surface area (Å²) < 4.78 is 25.8. The number of rotatable bonds is 5. The summed E-state index contributed by atoms with van der Waals surface area (Å²) in [5, 5.41) is 5.50. The molecule has 5 heteroatoms. The normalized spacial score (nSPS) is 11.4. The number of hydrogen-bond donors (Lipinski definition) is 2.